The first-order valence-electron chi connectivity index (χ1n) is 5.29. The van der Waals surface area contributed by atoms with Crippen LogP contribution in [0.3, 0.4) is 0 Å². The molecule has 90 valence electrons. The number of ketones is 2. The van der Waals surface area contributed by atoms with Crippen LogP contribution in [0.2, 0.25) is 0 Å². The molecule has 1 aliphatic carbocycles. The highest BCUT2D eigenvalue weighted by atomic mass is 16.5. The van der Waals surface area contributed by atoms with Gasteiger partial charge in [0.25, 0.3) is 0 Å². The molecule has 0 aliphatic heterocycles. The minimum atomic E-state index is -0.927. The molecule has 1 heterocycles. The second kappa shape index (κ2) is 4.53. The Morgan fingerprint density at radius 2 is 2.24 bits per heavy atom. The zero-order chi connectivity index (χ0) is 12.4. The van der Waals surface area contributed by atoms with Gasteiger partial charge in [-0.2, -0.15) is 0 Å². The zero-order valence-electron chi connectivity index (χ0n) is 9.34. The Hall–Kier alpha value is -1.91. The molecule has 0 radical (unpaired) electrons. The van der Waals surface area contributed by atoms with Crippen molar-refractivity contribution < 1.29 is 23.5 Å². The molecule has 1 fully saturated rings. The van der Waals surface area contributed by atoms with Crippen molar-refractivity contribution in [3.8, 4) is 0 Å². The van der Waals surface area contributed by atoms with Gasteiger partial charge in [0.1, 0.15) is 17.5 Å². The topological polar surface area (TPSA) is 73.6 Å². The Kier molecular flexibility index (Phi) is 3.08. The number of Topliss-reactive ketones (excluding diaryl/α,β-unsaturated/α-hetero) is 2. The lowest BCUT2D eigenvalue weighted by Crippen LogP contribution is -2.37. The van der Waals surface area contributed by atoms with E-state index in [0.29, 0.717) is 5.76 Å². The van der Waals surface area contributed by atoms with Crippen molar-refractivity contribution in [1.82, 2.24) is 0 Å². The van der Waals surface area contributed by atoms with Gasteiger partial charge in [0, 0.05) is 12.3 Å². The van der Waals surface area contributed by atoms with E-state index in [0.717, 1.165) is 0 Å². The number of hydrogen-bond acceptors (Lipinski definition) is 5. The molecule has 0 saturated heterocycles. The quantitative estimate of drug-likeness (QED) is 0.567. The summed E-state index contributed by atoms with van der Waals surface area (Å²) in [7, 11) is 1.23. The molecule has 0 aromatic carbocycles. The zero-order valence-corrected chi connectivity index (χ0v) is 9.34. The Balaban J connectivity index is 2.34. The second-order valence-electron chi connectivity index (χ2n) is 4.01. The van der Waals surface area contributed by atoms with Gasteiger partial charge in [0.2, 0.25) is 0 Å². The maximum atomic E-state index is 11.7. The fraction of sp³-hybridized carbons (Fsp3) is 0.417. The smallest absolute Gasteiger partial charge is 0.316 e. The van der Waals surface area contributed by atoms with E-state index in [2.05, 4.69) is 4.74 Å². The second-order valence-corrected chi connectivity index (χ2v) is 4.01. The van der Waals surface area contributed by atoms with Gasteiger partial charge in [-0.3, -0.25) is 14.4 Å². The molecule has 5 nitrogen and oxygen atoms in total. The van der Waals surface area contributed by atoms with Gasteiger partial charge in [-0.05, 0) is 12.1 Å². The number of furan rings is 1. The van der Waals surface area contributed by atoms with Crippen LogP contribution >= 0.6 is 0 Å². The van der Waals surface area contributed by atoms with Crippen LogP contribution in [0.15, 0.2) is 22.8 Å². The van der Waals surface area contributed by atoms with E-state index in [1.807, 2.05) is 0 Å². The molecular formula is C12H12O5. The van der Waals surface area contributed by atoms with Gasteiger partial charge in [-0.15, -0.1) is 0 Å². The van der Waals surface area contributed by atoms with E-state index in [1.165, 1.54) is 13.4 Å². The van der Waals surface area contributed by atoms with Crippen LogP contribution in [0, 0.1) is 5.92 Å². The third kappa shape index (κ3) is 2.13. The Labute approximate surface area is 97.7 Å². The lowest BCUT2D eigenvalue weighted by atomic mass is 9.76. The Morgan fingerprint density at radius 3 is 2.82 bits per heavy atom. The van der Waals surface area contributed by atoms with Gasteiger partial charge in [-0.25, -0.2) is 0 Å². The number of methoxy groups -OCH3 is 1. The normalized spacial score (nSPS) is 24.8. The van der Waals surface area contributed by atoms with Crippen LogP contribution < -0.4 is 0 Å². The van der Waals surface area contributed by atoms with E-state index < -0.39 is 23.6 Å². The van der Waals surface area contributed by atoms with Crippen molar-refractivity contribution in [2.45, 2.75) is 18.8 Å². The predicted octanol–water partition coefficient (Wildman–Crippen LogP) is 1.08. The summed E-state index contributed by atoms with van der Waals surface area (Å²) in [5.74, 6) is -2.16. The van der Waals surface area contributed by atoms with Crippen molar-refractivity contribution in [1.29, 1.82) is 0 Å². The van der Waals surface area contributed by atoms with Gasteiger partial charge >= 0.3 is 5.97 Å². The van der Waals surface area contributed by atoms with Crippen molar-refractivity contribution in [2.75, 3.05) is 7.11 Å². The summed E-state index contributed by atoms with van der Waals surface area (Å²) in [6, 6.07) is 3.32. The van der Waals surface area contributed by atoms with E-state index in [-0.39, 0.29) is 18.6 Å². The molecule has 5 heteroatoms. The summed E-state index contributed by atoms with van der Waals surface area (Å²) in [6.45, 7) is 0. The predicted molar refractivity (Wildman–Crippen MR) is 56.2 cm³/mol. The summed E-state index contributed by atoms with van der Waals surface area (Å²) in [6.07, 6.45) is 1.39. The number of hydrogen-bond donors (Lipinski definition) is 0. The molecule has 1 aromatic rings. The number of esters is 1. The van der Waals surface area contributed by atoms with Gasteiger partial charge in [-0.1, -0.05) is 0 Å². The van der Waals surface area contributed by atoms with Crippen molar-refractivity contribution in [3.63, 3.8) is 0 Å². The first-order valence-corrected chi connectivity index (χ1v) is 5.29. The fourth-order valence-corrected chi connectivity index (χ4v) is 2.15. The molecule has 0 unspecified atom stereocenters. The summed E-state index contributed by atoms with van der Waals surface area (Å²) in [5, 5.41) is 0. The van der Waals surface area contributed by atoms with E-state index in [4.69, 9.17) is 4.42 Å². The van der Waals surface area contributed by atoms with Crippen LogP contribution in [0.5, 0.6) is 0 Å². The average Bonchev–Trinajstić information content (AvgIpc) is 2.80. The van der Waals surface area contributed by atoms with Crippen LogP contribution in [-0.4, -0.2) is 24.6 Å². The molecule has 2 atom stereocenters. The van der Waals surface area contributed by atoms with Crippen molar-refractivity contribution in [2.24, 2.45) is 5.92 Å². The monoisotopic (exact) mass is 236 g/mol. The maximum Gasteiger partial charge on any atom is 0.316 e. The fourth-order valence-electron chi connectivity index (χ4n) is 2.15. The minimum Gasteiger partial charge on any atom is -0.469 e. The molecule has 0 N–H and O–H groups in total. The standard InChI is InChI=1S/C12H12O5/c1-16-12(15)11-8(10-3-2-4-17-10)5-7(13)6-9(11)14/h2-4,8,11H,5-6H2,1H3/t8-,11-/m0/s1. The highest BCUT2D eigenvalue weighted by molar-refractivity contribution is 6.11. The van der Waals surface area contributed by atoms with Crippen LogP contribution in [0.25, 0.3) is 0 Å². The number of ether oxygens (including phenoxy) is 1. The van der Waals surface area contributed by atoms with Crippen LogP contribution in [0.1, 0.15) is 24.5 Å². The first-order chi connectivity index (χ1) is 8.13. The van der Waals surface area contributed by atoms with E-state index in [9.17, 15) is 14.4 Å². The lowest BCUT2D eigenvalue weighted by Gasteiger charge is -2.25. The van der Waals surface area contributed by atoms with Gasteiger partial charge in [0.15, 0.2) is 5.78 Å². The number of carbonyl (C=O) groups excluding carboxylic acids is 3. The molecule has 1 aliphatic rings. The molecule has 17 heavy (non-hydrogen) atoms. The van der Waals surface area contributed by atoms with Gasteiger partial charge < -0.3 is 9.15 Å². The molecule has 1 saturated carbocycles. The molecular weight excluding hydrogens is 224 g/mol. The summed E-state index contributed by atoms with van der Waals surface area (Å²) in [4.78, 5) is 34.8. The minimum absolute atomic E-state index is 0.138. The number of rotatable bonds is 2. The van der Waals surface area contributed by atoms with Crippen molar-refractivity contribution in [3.05, 3.63) is 24.2 Å². The van der Waals surface area contributed by atoms with Crippen LogP contribution in [-0.2, 0) is 19.1 Å². The van der Waals surface area contributed by atoms with Gasteiger partial charge in [0.05, 0.1) is 19.8 Å². The highest BCUT2D eigenvalue weighted by Crippen LogP contribution is 2.35. The average molecular weight is 236 g/mol. The largest absolute Gasteiger partial charge is 0.469 e. The third-order valence-corrected chi connectivity index (χ3v) is 2.93. The van der Waals surface area contributed by atoms with Crippen LogP contribution in [0.4, 0.5) is 0 Å². The molecule has 2 rings (SSSR count). The molecule has 0 spiro atoms. The molecule has 1 aromatic heterocycles. The Bertz CT molecular complexity index is 445. The summed E-state index contributed by atoms with van der Waals surface area (Å²) < 4.78 is 9.79. The van der Waals surface area contributed by atoms with E-state index in [1.54, 1.807) is 12.1 Å². The lowest BCUT2D eigenvalue weighted by molar-refractivity contribution is -0.152. The number of carbonyl (C=O) groups is 3. The summed E-state index contributed by atoms with van der Waals surface area (Å²) in [5.41, 5.74) is 0. The van der Waals surface area contributed by atoms with E-state index >= 15 is 0 Å². The highest BCUT2D eigenvalue weighted by Gasteiger charge is 2.43. The summed E-state index contributed by atoms with van der Waals surface area (Å²) >= 11 is 0. The van der Waals surface area contributed by atoms with Crippen molar-refractivity contribution >= 4 is 17.5 Å². The third-order valence-electron chi connectivity index (χ3n) is 2.93. The molecule has 0 amide bonds. The SMILES string of the molecule is COC(=O)[C@@H]1C(=O)CC(=O)C[C@H]1c1ccco1. The maximum absolute atomic E-state index is 11.7. The molecule has 0 bridgehead atoms. The Morgan fingerprint density at radius 1 is 1.47 bits per heavy atom. The first kappa shape index (κ1) is 11.6.